The quantitative estimate of drug-likeness (QED) is 0.135. The Hall–Kier alpha value is -3.71. The van der Waals surface area contributed by atoms with Gasteiger partial charge in [0.25, 0.3) is 0 Å². The lowest BCUT2D eigenvalue weighted by Gasteiger charge is -2.44. The van der Waals surface area contributed by atoms with E-state index in [2.05, 4.69) is 116 Å². The highest BCUT2D eigenvalue weighted by molar-refractivity contribution is 7.08. The van der Waals surface area contributed by atoms with Gasteiger partial charge in [0.2, 0.25) is 8.32 Å². The molecular formula is C38H42O5Si3. The van der Waals surface area contributed by atoms with Crippen LogP contribution in [0, 0.1) is 0 Å². The van der Waals surface area contributed by atoms with Gasteiger partial charge in [0.05, 0.1) is 0 Å². The first-order valence-corrected chi connectivity index (χ1v) is 21.0. The molecule has 0 spiro atoms. The molecule has 8 heteroatoms. The molecule has 0 fully saturated rings. The van der Waals surface area contributed by atoms with Crippen molar-refractivity contribution in [2.24, 2.45) is 0 Å². The molecule has 0 radical (unpaired) electrons. The van der Waals surface area contributed by atoms with Crippen LogP contribution in [0.15, 0.2) is 152 Å². The van der Waals surface area contributed by atoms with E-state index in [-0.39, 0.29) is 0 Å². The van der Waals surface area contributed by atoms with Gasteiger partial charge in [-0.1, -0.05) is 158 Å². The summed E-state index contributed by atoms with van der Waals surface area (Å²) in [5.74, 6) is 0. The van der Waals surface area contributed by atoms with Crippen LogP contribution in [0.1, 0.15) is 18.1 Å². The molecule has 0 aliphatic heterocycles. The van der Waals surface area contributed by atoms with Crippen molar-refractivity contribution in [3.05, 3.63) is 163 Å². The van der Waals surface area contributed by atoms with Crippen LogP contribution in [0.2, 0.25) is 6.04 Å². The predicted octanol–water partition coefficient (Wildman–Crippen LogP) is 5.69. The molecule has 0 atom stereocenters. The number of hydrogen-bond acceptors (Lipinski definition) is 5. The molecule has 0 heterocycles. The first-order valence-electron chi connectivity index (χ1n) is 15.4. The minimum absolute atomic E-state index is 0.771. The zero-order valence-electron chi connectivity index (χ0n) is 27.0. The van der Waals surface area contributed by atoms with Gasteiger partial charge in [-0.3, -0.25) is 0 Å². The van der Waals surface area contributed by atoms with Crippen LogP contribution < -0.4 is 20.7 Å². The van der Waals surface area contributed by atoms with Crippen molar-refractivity contribution in [1.82, 2.24) is 0 Å². The standard InChI is InChI=1S/C38H42O5Si3/c1-32(2)34-28-26-33(27-29-34)30-31-44(35-18-10-6-11-19-35,36-20-12-7-13-21-36)42-45(37-22-14-8-15-23-37,38-24-16-9-17-25-38)43-46(39-3,40-4)41-5/h6-29H,1,30-31H2,2-5H3. The molecule has 0 unspecified atom stereocenters. The van der Waals surface area contributed by atoms with Crippen LogP contribution in [0.5, 0.6) is 0 Å². The van der Waals surface area contributed by atoms with E-state index >= 15 is 0 Å². The molecule has 0 aliphatic carbocycles. The average molecular weight is 663 g/mol. The van der Waals surface area contributed by atoms with Crippen molar-refractivity contribution in [3.8, 4) is 0 Å². The van der Waals surface area contributed by atoms with E-state index in [1.807, 2.05) is 43.3 Å². The number of aryl methyl sites for hydroxylation is 1. The number of hydrogen-bond donors (Lipinski definition) is 0. The minimum Gasteiger partial charge on any atom is -0.422 e. The fourth-order valence-electron chi connectivity index (χ4n) is 5.85. The van der Waals surface area contributed by atoms with Crippen LogP contribution in [0.4, 0.5) is 0 Å². The monoisotopic (exact) mass is 662 g/mol. The van der Waals surface area contributed by atoms with E-state index in [1.165, 1.54) is 5.56 Å². The molecule has 0 amide bonds. The maximum atomic E-state index is 8.05. The smallest absolute Gasteiger partial charge is 0.422 e. The summed E-state index contributed by atoms with van der Waals surface area (Å²) in [6, 6.07) is 51.3. The van der Waals surface area contributed by atoms with Crippen molar-refractivity contribution >= 4 is 52.2 Å². The highest BCUT2D eigenvalue weighted by Crippen LogP contribution is 2.27. The second kappa shape index (κ2) is 15.3. The molecular weight excluding hydrogens is 621 g/mol. The Morgan fingerprint density at radius 1 is 0.522 bits per heavy atom. The minimum atomic E-state index is -3.67. The van der Waals surface area contributed by atoms with Crippen LogP contribution in [-0.4, -0.2) is 47.3 Å². The molecule has 5 aromatic rings. The fourth-order valence-corrected chi connectivity index (χ4v) is 19.1. The molecule has 0 saturated heterocycles. The average Bonchev–Trinajstić information content (AvgIpc) is 3.13. The fraction of sp³-hybridized carbons (Fsp3) is 0.158. The van der Waals surface area contributed by atoms with Crippen LogP contribution in [0.25, 0.3) is 5.57 Å². The molecule has 0 N–H and O–H groups in total. The normalized spacial score (nSPS) is 12.2. The summed E-state index contributed by atoms with van der Waals surface area (Å²) in [5.41, 5.74) is 3.43. The van der Waals surface area contributed by atoms with Gasteiger partial charge in [0, 0.05) is 21.3 Å². The van der Waals surface area contributed by atoms with Crippen molar-refractivity contribution in [2.45, 2.75) is 19.4 Å². The molecule has 5 aromatic carbocycles. The van der Waals surface area contributed by atoms with Gasteiger partial charge < -0.3 is 21.5 Å². The van der Waals surface area contributed by atoms with Crippen LogP contribution >= 0.6 is 0 Å². The molecule has 46 heavy (non-hydrogen) atoms. The Morgan fingerprint density at radius 3 is 1.28 bits per heavy atom. The Kier molecular flexibility index (Phi) is 11.2. The zero-order chi connectivity index (χ0) is 32.5. The Bertz CT molecular complexity index is 1580. The topological polar surface area (TPSA) is 46.2 Å². The molecule has 5 nitrogen and oxygen atoms in total. The van der Waals surface area contributed by atoms with Gasteiger partial charge in [-0.05, 0) is 51.3 Å². The first-order chi connectivity index (χ1) is 22.4. The van der Waals surface area contributed by atoms with Gasteiger partial charge in [0.1, 0.15) is 0 Å². The summed E-state index contributed by atoms with van der Waals surface area (Å²) in [6.07, 6.45) is 0.807. The molecule has 236 valence electrons. The summed E-state index contributed by atoms with van der Waals surface area (Å²) in [7, 11) is -5.76. The lowest BCUT2D eigenvalue weighted by molar-refractivity contribution is 0.0432. The van der Waals surface area contributed by atoms with Crippen molar-refractivity contribution in [3.63, 3.8) is 0 Å². The summed E-state index contributed by atoms with van der Waals surface area (Å²) >= 11 is 0. The Balaban J connectivity index is 1.79. The number of allylic oxidation sites excluding steroid dienone is 1. The maximum Gasteiger partial charge on any atom is 0.670 e. The van der Waals surface area contributed by atoms with E-state index in [0.717, 1.165) is 44.3 Å². The van der Waals surface area contributed by atoms with Crippen molar-refractivity contribution < 1.29 is 21.5 Å². The molecule has 5 rings (SSSR count). The van der Waals surface area contributed by atoms with E-state index < -0.39 is 25.9 Å². The van der Waals surface area contributed by atoms with Gasteiger partial charge in [-0.25, -0.2) is 0 Å². The Labute approximate surface area is 276 Å². The first kappa shape index (κ1) is 33.6. The number of benzene rings is 5. The molecule has 0 bridgehead atoms. The van der Waals surface area contributed by atoms with E-state index in [0.29, 0.717) is 0 Å². The van der Waals surface area contributed by atoms with Gasteiger partial charge in [-0.2, -0.15) is 0 Å². The second-order valence-electron chi connectivity index (χ2n) is 11.2. The van der Waals surface area contributed by atoms with Gasteiger partial charge >= 0.3 is 17.6 Å². The van der Waals surface area contributed by atoms with Crippen molar-refractivity contribution in [2.75, 3.05) is 21.3 Å². The third kappa shape index (κ3) is 7.15. The van der Waals surface area contributed by atoms with Gasteiger partial charge in [0.15, 0.2) is 0 Å². The highest BCUT2D eigenvalue weighted by atomic mass is 28.5. The Morgan fingerprint density at radius 2 is 0.913 bits per heavy atom. The molecule has 0 saturated carbocycles. The van der Waals surface area contributed by atoms with E-state index in [9.17, 15) is 0 Å². The largest absolute Gasteiger partial charge is 0.670 e. The van der Waals surface area contributed by atoms with Crippen LogP contribution in [-0.2, 0) is 27.9 Å². The summed E-state index contributed by atoms with van der Waals surface area (Å²) < 4.78 is 33.2. The van der Waals surface area contributed by atoms with Gasteiger partial charge in [-0.15, -0.1) is 0 Å². The lowest BCUT2D eigenvalue weighted by atomic mass is 10.1. The summed E-state index contributed by atoms with van der Waals surface area (Å²) in [5, 5.41) is 4.20. The maximum absolute atomic E-state index is 8.05. The third-order valence-corrected chi connectivity index (χ3v) is 20.2. The number of rotatable bonds is 15. The summed E-state index contributed by atoms with van der Waals surface area (Å²) in [6.45, 7) is 6.15. The van der Waals surface area contributed by atoms with Crippen molar-refractivity contribution in [1.29, 1.82) is 0 Å². The van der Waals surface area contributed by atoms with Crippen LogP contribution in [0.3, 0.4) is 0 Å². The second-order valence-corrected chi connectivity index (χ2v) is 20.8. The van der Waals surface area contributed by atoms with E-state index in [1.54, 1.807) is 21.3 Å². The third-order valence-electron chi connectivity index (χ3n) is 8.34. The summed E-state index contributed by atoms with van der Waals surface area (Å²) in [4.78, 5) is 0. The van der Waals surface area contributed by atoms with E-state index in [4.69, 9.17) is 21.5 Å². The zero-order valence-corrected chi connectivity index (χ0v) is 30.0. The molecule has 0 aliphatic rings. The SMILES string of the molecule is C=C(C)c1ccc(CC[Si](O[Si](O[Si](OC)(OC)OC)(c2ccccc2)c2ccccc2)(c2ccccc2)c2ccccc2)cc1. The highest BCUT2D eigenvalue weighted by Gasteiger charge is 2.59. The lowest BCUT2D eigenvalue weighted by Crippen LogP contribution is -2.77. The molecule has 0 aromatic heterocycles. The predicted molar refractivity (Wildman–Crippen MR) is 194 cm³/mol.